The molecule has 0 saturated carbocycles. The Morgan fingerprint density at radius 1 is 1.36 bits per heavy atom. The van der Waals surface area contributed by atoms with Gasteiger partial charge < -0.3 is 5.73 Å². The van der Waals surface area contributed by atoms with E-state index in [0.29, 0.717) is 11.0 Å². The summed E-state index contributed by atoms with van der Waals surface area (Å²) in [6, 6.07) is 6.06. The summed E-state index contributed by atoms with van der Waals surface area (Å²) in [6.07, 6.45) is 0. The van der Waals surface area contributed by atoms with E-state index in [2.05, 4.69) is 10.2 Å². The van der Waals surface area contributed by atoms with Gasteiger partial charge in [-0.3, -0.25) is 14.3 Å². The fourth-order valence-corrected chi connectivity index (χ4v) is 2.54. The Hall–Kier alpha value is -1.93. The monoisotopic (exact) mass is 323 g/mol. The van der Waals surface area contributed by atoms with E-state index in [1.165, 1.54) is 23.9 Å². The molecule has 118 valence electrons. The van der Waals surface area contributed by atoms with Crippen molar-refractivity contribution < 1.29 is 9.18 Å². The first-order valence-corrected chi connectivity index (χ1v) is 7.67. The maximum Gasteiger partial charge on any atom is 0.227 e. The van der Waals surface area contributed by atoms with Crippen LogP contribution in [0.25, 0.3) is 5.69 Å². The number of hydrogen-bond donors (Lipinski definition) is 1. The van der Waals surface area contributed by atoms with E-state index in [9.17, 15) is 9.18 Å². The van der Waals surface area contributed by atoms with Crippen LogP contribution in [0, 0.1) is 5.82 Å². The van der Waals surface area contributed by atoms with Crippen molar-refractivity contribution in [1.82, 2.24) is 19.7 Å². The predicted octanol–water partition coefficient (Wildman–Crippen LogP) is 1.61. The van der Waals surface area contributed by atoms with Crippen LogP contribution in [0.5, 0.6) is 0 Å². The van der Waals surface area contributed by atoms with Gasteiger partial charge in [0.25, 0.3) is 0 Å². The zero-order valence-electron chi connectivity index (χ0n) is 12.7. The van der Waals surface area contributed by atoms with Gasteiger partial charge in [-0.1, -0.05) is 11.8 Å². The highest BCUT2D eigenvalue weighted by Crippen LogP contribution is 2.26. The van der Waals surface area contributed by atoms with Gasteiger partial charge in [0.1, 0.15) is 5.82 Å². The maximum absolute atomic E-state index is 13.2. The normalized spacial score (nSPS) is 12.6. The predicted molar refractivity (Wildman–Crippen MR) is 83.3 cm³/mol. The van der Waals surface area contributed by atoms with Gasteiger partial charge in [-0.2, -0.15) is 0 Å². The van der Waals surface area contributed by atoms with Crippen molar-refractivity contribution in [3.8, 4) is 5.69 Å². The van der Waals surface area contributed by atoms with Crippen LogP contribution in [0.1, 0.15) is 18.8 Å². The van der Waals surface area contributed by atoms with Crippen molar-refractivity contribution in [2.75, 3.05) is 19.8 Å². The molecule has 2 rings (SSSR count). The number of rotatable bonds is 6. The molecule has 2 N–H and O–H groups in total. The SMILES string of the molecule is C[C@H](c1nnc(SCC(N)=O)n1-c1ccc(F)cc1)N(C)C. The second kappa shape index (κ2) is 6.89. The van der Waals surface area contributed by atoms with Crippen LogP contribution in [-0.4, -0.2) is 45.4 Å². The smallest absolute Gasteiger partial charge is 0.227 e. The van der Waals surface area contributed by atoms with Crippen molar-refractivity contribution in [3.05, 3.63) is 35.9 Å². The Labute approximate surface area is 132 Å². The lowest BCUT2D eigenvalue weighted by molar-refractivity contribution is -0.115. The Bertz CT molecular complexity index is 656. The molecule has 6 nitrogen and oxygen atoms in total. The van der Waals surface area contributed by atoms with E-state index in [0.717, 1.165) is 5.69 Å². The van der Waals surface area contributed by atoms with E-state index < -0.39 is 5.91 Å². The molecule has 2 aromatic rings. The molecule has 1 amide bonds. The van der Waals surface area contributed by atoms with E-state index in [1.54, 1.807) is 12.1 Å². The van der Waals surface area contributed by atoms with E-state index >= 15 is 0 Å². The second-order valence-corrected chi connectivity index (χ2v) is 5.99. The molecule has 0 fully saturated rings. The zero-order valence-corrected chi connectivity index (χ0v) is 13.5. The third-order valence-electron chi connectivity index (χ3n) is 3.24. The molecular weight excluding hydrogens is 305 g/mol. The Morgan fingerprint density at radius 3 is 2.55 bits per heavy atom. The topological polar surface area (TPSA) is 77.0 Å². The van der Waals surface area contributed by atoms with E-state index in [-0.39, 0.29) is 17.6 Å². The largest absolute Gasteiger partial charge is 0.369 e. The molecule has 0 radical (unpaired) electrons. The van der Waals surface area contributed by atoms with Gasteiger partial charge in [-0.15, -0.1) is 10.2 Å². The lowest BCUT2D eigenvalue weighted by atomic mass is 10.2. The molecule has 0 aliphatic rings. The lowest BCUT2D eigenvalue weighted by Crippen LogP contribution is -2.21. The molecule has 1 heterocycles. The fourth-order valence-electron chi connectivity index (χ4n) is 1.84. The molecule has 1 aromatic heterocycles. The summed E-state index contributed by atoms with van der Waals surface area (Å²) >= 11 is 1.21. The number of carbonyl (C=O) groups excluding carboxylic acids is 1. The van der Waals surface area contributed by atoms with Crippen molar-refractivity contribution in [2.24, 2.45) is 5.73 Å². The first-order chi connectivity index (χ1) is 10.4. The first kappa shape index (κ1) is 16.4. The quantitative estimate of drug-likeness (QED) is 0.817. The molecule has 0 aliphatic carbocycles. The molecule has 0 bridgehead atoms. The second-order valence-electron chi connectivity index (χ2n) is 5.05. The number of hydrogen-bond acceptors (Lipinski definition) is 5. The van der Waals surface area contributed by atoms with Crippen molar-refractivity contribution in [3.63, 3.8) is 0 Å². The van der Waals surface area contributed by atoms with E-state index in [1.807, 2.05) is 30.5 Å². The number of thioether (sulfide) groups is 1. The van der Waals surface area contributed by atoms with Gasteiger partial charge >= 0.3 is 0 Å². The Morgan fingerprint density at radius 2 is 2.00 bits per heavy atom. The molecule has 0 spiro atoms. The van der Waals surface area contributed by atoms with Gasteiger partial charge in [0.15, 0.2) is 11.0 Å². The van der Waals surface area contributed by atoms with Crippen molar-refractivity contribution >= 4 is 17.7 Å². The number of benzene rings is 1. The molecule has 1 atom stereocenters. The minimum absolute atomic E-state index is 0.000445. The molecule has 1 aromatic carbocycles. The summed E-state index contributed by atoms with van der Waals surface area (Å²) in [7, 11) is 3.87. The third kappa shape index (κ3) is 3.63. The summed E-state index contributed by atoms with van der Waals surface area (Å²) < 4.78 is 15.0. The molecule has 8 heteroatoms. The van der Waals surface area contributed by atoms with Crippen molar-refractivity contribution in [2.45, 2.75) is 18.1 Å². The van der Waals surface area contributed by atoms with Gasteiger partial charge in [0, 0.05) is 5.69 Å². The Balaban J connectivity index is 2.47. The van der Waals surface area contributed by atoms with Crippen LogP contribution in [0.2, 0.25) is 0 Å². The van der Waals surface area contributed by atoms with Gasteiger partial charge in [0.2, 0.25) is 5.91 Å². The van der Waals surface area contributed by atoms with Crippen LogP contribution < -0.4 is 5.73 Å². The minimum Gasteiger partial charge on any atom is -0.369 e. The minimum atomic E-state index is -0.430. The first-order valence-electron chi connectivity index (χ1n) is 6.69. The average Bonchev–Trinajstić information content (AvgIpc) is 2.88. The number of halogens is 1. The highest BCUT2D eigenvalue weighted by Gasteiger charge is 2.21. The maximum atomic E-state index is 13.2. The zero-order chi connectivity index (χ0) is 16.3. The van der Waals surface area contributed by atoms with Gasteiger partial charge in [0.05, 0.1) is 11.8 Å². The number of primary amides is 1. The average molecular weight is 323 g/mol. The van der Waals surface area contributed by atoms with E-state index in [4.69, 9.17) is 5.73 Å². The fraction of sp³-hybridized carbons (Fsp3) is 0.357. The third-order valence-corrected chi connectivity index (χ3v) is 4.19. The van der Waals surface area contributed by atoms with Crippen LogP contribution in [-0.2, 0) is 4.79 Å². The van der Waals surface area contributed by atoms with Gasteiger partial charge in [-0.25, -0.2) is 4.39 Å². The lowest BCUT2D eigenvalue weighted by Gasteiger charge is -2.20. The summed E-state index contributed by atoms with van der Waals surface area (Å²) in [5.74, 6) is 0.0742. The molecule has 22 heavy (non-hydrogen) atoms. The van der Waals surface area contributed by atoms with Gasteiger partial charge in [-0.05, 0) is 45.3 Å². The Kier molecular flexibility index (Phi) is 5.15. The van der Waals surface area contributed by atoms with Crippen molar-refractivity contribution in [1.29, 1.82) is 0 Å². The molecular formula is C14H18FN5OS. The number of nitrogens with two attached hydrogens (primary N) is 1. The summed E-state index contributed by atoms with van der Waals surface area (Å²) in [5, 5.41) is 8.91. The number of carbonyl (C=O) groups is 1. The highest BCUT2D eigenvalue weighted by molar-refractivity contribution is 7.99. The number of amides is 1. The van der Waals surface area contributed by atoms with Crippen LogP contribution >= 0.6 is 11.8 Å². The number of aromatic nitrogens is 3. The summed E-state index contributed by atoms with van der Waals surface area (Å²) in [4.78, 5) is 13.0. The number of nitrogens with zero attached hydrogens (tertiary/aromatic N) is 4. The summed E-state index contributed by atoms with van der Waals surface area (Å²) in [5.41, 5.74) is 5.93. The molecule has 0 unspecified atom stereocenters. The van der Waals surface area contributed by atoms with Crippen LogP contribution in [0.15, 0.2) is 29.4 Å². The van der Waals surface area contributed by atoms with Crippen LogP contribution in [0.4, 0.5) is 4.39 Å². The molecule has 0 aliphatic heterocycles. The summed E-state index contributed by atoms with van der Waals surface area (Å²) in [6.45, 7) is 1.99. The van der Waals surface area contributed by atoms with Crippen LogP contribution in [0.3, 0.4) is 0 Å². The highest BCUT2D eigenvalue weighted by atomic mass is 32.2. The molecule has 0 saturated heterocycles. The standard InChI is InChI=1S/C14H18FN5OS/c1-9(19(2)3)13-17-18-14(22-8-12(16)21)20(13)11-6-4-10(15)5-7-11/h4-7,9H,8H2,1-3H3,(H2,16,21)/t9-/m1/s1.